The van der Waals surface area contributed by atoms with Gasteiger partial charge in [0.05, 0.1) is 6.54 Å². The van der Waals surface area contributed by atoms with E-state index in [2.05, 4.69) is 20.1 Å². The molecule has 9 heteroatoms. The normalized spacial score (nSPS) is 11.3. The zero-order valence-electron chi connectivity index (χ0n) is 12.1. The molecule has 1 N–H and O–H groups in total. The summed E-state index contributed by atoms with van der Waals surface area (Å²) >= 11 is 0. The fraction of sp³-hybridized carbons (Fsp3) is 0.357. The maximum atomic E-state index is 12.0. The number of alkyl halides is 3. The van der Waals surface area contributed by atoms with Crippen LogP contribution in [0.5, 0.6) is 5.75 Å². The maximum absolute atomic E-state index is 12.0. The Balaban J connectivity index is 1.72. The van der Waals surface area contributed by atoms with E-state index in [1.807, 2.05) is 0 Å². The first-order valence-electron chi connectivity index (χ1n) is 6.80. The summed E-state index contributed by atoms with van der Waals surface area (Å²) in [5.74, 6) is -0.0264. The van der Waals surface area contributed by atoms with Gasteiger partial charge in [0.1, 0.15) is 18.4 Å². The number of nitrogens with zero attached hydrogens (tertiary/aromatic N) is 3. The minimum Gasteiger partial charge on any atom is -0.484 e. The Kier molecular flexibility index (Phi) is 5.56. The lowest BCUT2D eigenvalue weighted by atomic mass is 10.2. The van der Waals surface area contributed by atoms with Gasteiger partial charge in [-0.3, -0.25) is 9.48 Å². The van der Waals surface area contributed by atoms with E-state index < -0.39 is 12.8 Å². The van der Waals surface area contributed by atoms with Crippen molar-refractivity contribution >= 4 is 5.91 Å². The third kappa shape index (κ3) is 6.37. The highest BCUT2D eigenvalue weighted by Crippen LogP contribution is 2.18. The summed E-state index contributed by atoms with van der Waals surface area (Å²) < 4.78 is 42.2. The van der Waals surface area contributed by atoms with Crippen LogP contribution in [0.15, 0.2) is 36.9 Å². The highest BCUT2D eigenvalue weighted by atomic mass is 19.4. The van der Waals surface area contributed by atoms with Gasteiger partial charge in [-0.2, -0.15) is 18.3 Å². The second-order valence-corrected chi connectivity index (χ2v) is 4.73. The molecule has 2 aromatic rings. The van der Waals surface area contributed by atoms with Crippen molar-refractivity contribution < 1.29 is 22.7 Å². The predicted molar refractivity (Wildman–Crippen MR) is 74.5 cm³/mol. The molecule has 0 spiro atoms. The van der Waals surface area contributed by atoms with E-state index >= 15 is 0 Å². The summed E-state index contributed by atoms with van der Waals surface area (Å²) in [6.45, 7) is -0.614. The molecule has 0 aliphatic rings. The summed E-state index contributed by atoms with van der Waals surface area (Å²) in [5.41, 5.74) is 0.762. The van der Waals surface area contributed by atoms with Crippen molar-refractivity contribution in [2.24, 2.45) is 0 Å². The van der Waals surface area contributed by atoms with Crippen molar-refractivity contribution in [1.29, 1.82) is 0 Å². The van der Waals surface area contributed by atoms with Crippen molar-refractivity contribution in [3.05, 3.63) is 42.5 Å². The first kappa shape index (κ1) is 16.8. The molecule has 0 unspecified atom stereocenters. The SMILES string of the molecule is O=C(CCn1cncn1)NCc1ccc(OCC(F)(F)F)cc1. The van der Waals surface area contributed by atoms with Gasteiger partial charge in [0.25, 0.3) is 0 Å². The Morgan fingerprint density at radius 1 is 1.26 bits per heavy atom. The second kappa shape index (κ2) is 7.61. The average molecular weight is 328 g/mol. The molecule has 0 saturated carbocycles. The standard InChI is InChI=1S/C14H15F3N4O2/c15-14(16,17)8-23-12-3-1-11(2-4-12)7-19-13(22)5-6-21-10-18-9-20-21/h1-4,9-10H,5-8H2,(H,19,22). The Hall–Kier alpha value is -2.58. The van der Waals surface area contributed by atoms with Crippen LogP contribution in [0.1, 0.15) is 12.0 Å². The van der Waals surface area contributed by atoms with Crippen LogP contribution in [-0.4, -0.2) is 33.5 Å². The molecule has 1 heterocycles. The molecule has 6 nitrogen and oxygen atoms in total. The number of benzene rings is 1. The second-order valence-electron chi connectivity index (χ2n) is 4.73. The monoisotopic (exact) mass is 328 g/mol. The Morgan fingerprint density at radius 2 is 2.00 bits per heavy atom. The third-order valence-electron chi connectivity index (χ3n) is 2.85. The Labute approximate surface area is 130 Å². The van der Waals surface area contributed by atoms with Crippen LogP contribution in [0.4, 0.5) is 13.2 Å². The van der Waals surface area contributed by atoms with Crippen molar-refractivity contribution in [1.82, 2.24) is 20.1 Å². The first-order valence-corrected chi connectivity index (χ1v) is 6.80. The van der Waals surface area contributed by atoms with Crippen LogP contribution >= 0.6 is 0 Å². The van der Waals surface area contributed by atoms with Gasteiger partial charge in [0, 0.05) is 13.0 Å². The number of halogens is 3. The molecule has 124 valence electrons. The number of hydrogen-bond acceptors (Lipinski definition) is 4. The number of nitrogens with one attached hydrogen (secondary N) is 1. The molecule has 0 fully saturated rings. The molecule has 23 heavy (non-hydrogen) atoms. The van der Waals surface area contributed by atoms with Crippen LogP contribution in [0.25, 0.3) is 0 Å². The minimum absolute atomic E-state index is 0.128. The van der Waals surface area contributed by atoms with Crippen molar-refractivity contribution in [2.75, 3.05) is 6.61 Å². The Morgan fingerprint density at radius 3 is 2.61 bits per heavy atom. The Bertz CT molecular complexity index is 612. The summed E-state index contributed by atoms with van der Waals surface area (Å²) in [6, 6.07) is 6.07. The average Bonchev–Trinajstić information content (AvgIpc) is 3.02. The van der Waals surface area contributed by atoms with Gasteiger partial charge in [-0.05, 0) is 17.7 Å². The summed E-state index contributed by atoms with van der Waals surface area (Å²) in [6.07, 6.45) is -1.19. The van der Waals surface area contributed by atoms with Gasteiger partial charge in [0.2, 0.25) is 5.91 Å². The minimum atomic E-state index is -4.36. The zero-order chi connectivity index (χ0) is 16.7. The quantitative estimate of drug-likeness (QED) is 0.843. The lowest BCUT2D eigenvalue weighted by molar-refractivity contribution is -0.153. The van der Waals surface area contributed by atoms with Crippen molar-refractivity contribution in [2.45, 2.75) is 25.7 Å². The number of aromatic nitrogens is 3. The summed E-state index contributed by atoms with van der Waals surface area (Å²) in [5, 5.41) is 6.60. The molecule has 0 bridgehead atoms. The molecular formula is C14H15F3N4O2. The molecule has 0 atom stereocenters. The molecule has 1 aromatic carbocycles. The molecule has 0 aliphatic carbocycles. The van der Waals surface area contributed by atoms with E-state index in [-0.39, 0.29) is 24.6 Å². The van der Waals surface area contributed by atoms with Gasteiger partial charge >= 0.3 is 6.18 Å². The molecular weight excluding hydrogens is 313 g/mol. The number of hydrogen-bond donors (Lipinski definition) is 1. The lowest BCUT2D eigenvalue weighted by Gasteiger charge is -2.10. The number of carbonyl (C=O) groups is 1. The number of rotatable bonds is 7. The summed E-state index contributed by atoms with van der Waals surface area (Å²) in [7, 11) is 0. The van der Waals surface area contributed by atoms with E-state index in [0.29, 0.717) is 6.54 Å². The van der Waals surface area contributed by atoms with Crippen LogP contribution in [0.2, 0.25) is 0 Å². The fourth-order valence-corrected chi connectivity index (χ4v) is 1.72. The van der Waals surface area contributed by atoms with E-state index in [4.69, 9.17) is 0 Å². The van der Waals surface area contributed by atoms with Crippen LogP contribution < -0.4 is 10.1 Å². The highest BCUT2D eigenvalue weighted by Gasteiger charge is 2.28. The maximum Gasteiger partial charge on any atom is 0.422 e. The third-order valence-corrected chi connectivity index (χ3v) is 2.85. The smallest absolute Gasteiger partial charge is 0.422 e. The van der Waals surface area contributed by atoms with E-state index in [0.717, 1.165) is 5.56 Å². The first-order chi connectivity index (χ1) is 10.9. The summed E-state index contributed by atoms with van der Waals surface area (Å²) in [4.78, 5) is 15.4. The predicted octanol–water partition coefficient (Wildman–Crippen LogP) is 1.93. The van der Waals surface area contributed by atoms with Gasteiger partial charge < -0.3 is 10.1 Å². The molecule has 0 saturated heterocycles. The fourth-order valence-electron chi connectivity index (χ4n) is 1.72. The zero-order valence-corrected chi connectivity index (χ0v) is 12.1. The molecule has 1 aromatic heterocycles. The van der Waals surface area contributed by atoms with Gasteiger partial charge in [0.15, 0.2) is 6.61 Å². The molecule has 0 radical (unpaired) electrons. The number of amides is 1. The van der Waals surface area contributed by atoms with Gasteiger partial charge in [-0.25, -0.2) is 4.98 Å². The van der Waals surface area contributed by atoms with Crippen LogP contribution in [0, 0.1) is 0 Å². The highest BCUT2D eigenvalue weighted by molar-refractivity contribution is 5.75. The van der Waals surface area contributed by atoms with Crippen molar-refractivity contribution in [3.63, 3.8) is 0 Å². The molecule has 2 rings (SSSR count). The van der Waals surface area contributed by atoms with Gasteiger partial charge in [-0.15, -0.1) is 0 Å². The molecule has 1 amide bonds. The number of ether oxygens (including phenoxy) is 1. The topological polar surface area (TPSA) is 69.0 Å². The largest absolute Gasteiger partial charge is 0.484 e. The lowest BCUT2D eigenvalue weighted by Crippen LogP contribution is -2.24. The van der Waals surface area contributed by atoms with Crippen molar-refractivity contribution in [3.8, 4) is 5.75 Å². The van der Waals surface area contributed by atoms with Gasteiger partial charge in [-0.1, -0.05) is 12.1 Å². The van der Waals surface area contributed by atoms with E-state index in [9.17, 15) is 18.0 Å². The number of aryl methyl sites for hydroxylation is 1. The number of carbonyl (C=O) groups excluding carboxylic acids is 1. The van der Waals surface area contributed by atoms with E-state index in [1.165, 1.54) is 24.8 Å². The van der Waals surface area contributed by atoms with Crippen LogP contribution in [-0.2, 0) is 17.9 Å². The van der Waals surface area contributed by atoms with E-state index in [1.54, 1.807) is 16.8 Å². The molecule has 0 aliphatic heterocycles. The van der Waals surface area contributed by atoms with Crippen LogP contribution in [0.3, 0.4) is 0 Å².